The summed E-state index contributed by atoms with van der Waals surface area (Å²) in [6.07, 6.45) is -3.79. The van der Waals surface area contributed by atoms with Gasteiger partial charge in [0.05, 0.1) is 21.6 Å². The van der Waals surface area contributed by atoms with Gasteiger partial charge in [-0.2, -0.15) is 13.2 Å². The van der Waals surface area contributed by atoms with Crippen molar-refractivity contribution in [2.24, 2.45) is 0 Å². The average molecular weight is 262 g/mol. The Balaban J connectivity index is 3.54. The Morgan fingerprint density at radius 1 is 1.39 bits per heavy atom. The Morgan fingerprint density at radius 2 is 1.94 bits per heavy atom. The molecule has 0 bridgehead atoms. The summed E-state index contributed by atoms with van der Waals surface area (Å²) in [5.74, 6) is 0. The highest BCUT2D eigenvalue weighted by molar-refractivity contribution is 5.67. The van der Waals surface area contributed by atoms with Crippen LogP contribution in [0.5, 0.6) is 0 Å². The van der Waals surface area contributed by atoms with Gasteiger partial charge in [0.15, 0.2) is 0 Å². The van der Waals surface area contributed by atoms with Gasteiger partial charge < -0.3 is 4.79 Å². The third-order valence-electron chi connectivity index (χ3n) is 2.29. The minimum absolute atomic E-state index is 0.316. The first-order valence-electron chi connectivity index (χ1n) is 4.78. The van der Waals surface area contributed by atoms with Crippen molar-refractivity contribution in [3.05, 3.63) is 33.6 Å². The van der Waals surface area contributed by atoms with Gasteiger partial charge in [-0.3, -0.25) is 15.1 Å². The van der Waals surface area contributed by atoms with Crippen LogP contribution in [0.15, 0.2) is 12.3 Å². The Morgan fingerprint density at radius 3 is 2.33 bits per heavy atom. The normalized spacial score (nSPS) is 12.3. The van der Waals surface area contributed by atoms with E-state index in [0.29, 0.717) is 18.5 Å². The summed E-state index contributed by atoms with van der Waals surface area (Å²) in [4.78, 5) is 23.7. The van der Waals surface area contributed by atoms with Gasteiger partial charge in [-0.15, -0.1) is 0 Å². The maximum atomic E-state index is 12.8. The van der Waals surface area contributed by atoms with E-state index in [1.807, 2.05) is 0 Å². The van der Waals surface area contributed by atoms with Crippen molar-refractivity contribution in [2.75, 3.05) is 0 Å². The molecule has 0 unspecified atom stereocenters. The predicted molar refractivity (Wildman–Crippen MR) is 55.0 cm³/mol. The van der Waals surface area contributed by atoms with Gasteiger partial charge in [-0.1, -0.05) is 0 Å². The van der Waals surface area contributed by atoms with Gasteiger partial charge in [0.25, 0.3) is 5.69 Å². The number of aldehydes is 1. The van der Waals surface area contributed by atoms with Crippen LogP contribution in [0.25, 0.3) is 0 Å². The fourth-order valence-corrected chi connectivity index (χ4v) is 1.34. The molecule has 0 aliphatic rings. The summed E-state index contributed by atoms with van der Waals surface area (Å²) in [5.41, 5.74) is -4.04. The first kappa shape index (κ1) is 14.1. The fraction of sp³-hybridized carbons (Fsp3) is 0.400. The van der Waals surface area contributed by atoms with Crippen LogP contribution in [-0.4, -0.2) is 16.2 Å². The van der Waals surface area contributed by atoms with Crippen LogP contribution in [0.3, 0.4) is 0 Å². The molecule has 1 aromatic heterocycles. The number of hydrogen-bond acceptors (Lipinski definition) is 4. The second kappa shape index (κ2) is 4.35. The average Bonchev–Trinajstić information content (AvgIpc) is 2.27. The maximum absolute atomic E-state index is 12.8. The zero-order chi connectivity index (χ0) is 14.1. The second-order valence-corrected chi connectivity index (χ2v) is 4.18. The quantitative estimate of drug-likeness (QED) is 0.476. The molecule has 1 heterocycles. The first-order valence-corrected chi connectivity index (χ1v) is 4.78. The van der Waals surface area contributed by atoms with Crippen molar-refractivity contribution in [1.82, 2.24) is 4.98 Å². The molecule has 5 nitrogen and oxygen atoms in total. The largest absolute Gasteiger partial charge is 0.418 e. The molecule has 0 atom stereocenters. The molecule has 18 heavy (non-hydrogen) atoms. The van der Waals surface area contributed by atoms with Gasteiger partial charge in [-0.05, 0) is 13.8 Å². The molecule has 0 saturated carbocycles. The van der Waals surface area contributed by atoms with E-state index in [0.717, 1.165) is 0 Å². The van der Waals surface area contributed by atoms with E-state index in [2.05, 4.69) is 4.98 Å². The summed E-state index contributed by atoms with van der Waals surface area (Å²) in [6.45, 7) is 2.51. The lowest BCUT2D eigenvalue weighted by Crippen LogP contribution is -2.26. The molecule has 0 fully saturated rings. The molecule has 0 aromatic carbocycles. The van der Waals surface area contributed by atoms with E-state index >= 15 is 0 Å². The highest BCUT2D eigenvalue weighted by Crippen LogP contribution is 2.37. The lowest BCUT2D eigenvalue weighted by atomic mass is 9.87. The van der Waals surface area contributed by atoms with E-state index in [1.54, 1.807) is 0 Å². The van der Waals surface area contributed by atoms with Crippen LogP contribution in [0.1, 0.15) is 25.1 Å². The molecular weight excluding hydrogens is 253 g/mol. The third-order valence-corrected chi connectivity index (χ3v) is 2.29. The summed E-state index contributed by atoms with van der Waals surface area (Å²) >= 11 is 0. The minimum Gasteiger partial charge on any atom is -0.302 e. The summed E-state index contributed by atoms with van der Waals surface area (Å²) in [7, 11) is 0. The monoisotopic (exact) mass is 262 g/mol. The van der Waals surface area contributed by atoms with Crippen LogP contribution in [0.4, 0.5) is 18.9 Å². The van der Waals surface area contributed by atoms with Gasteiger partial charge in [-0.25, -0.2) is 0 Å². The maximum Gasteiger partial charge on any atom is 0.418 e. The smallest absolute Gasteiger partial charge is 0.302 e. The summed E-state index contributed by atoms with van der Waals surface area (Å²) in [5, 5.41) is 10.4. The van der Waals surface area contributed by atoms with Crippen LogP contribution in [0.2, 0.25) is 0 Å². The molecular formula is C10H9F3N2O3. The lowest BCUT2D eigenvalue weighted by Gasteiger charge is -2.20. The zero-order valence-corrected chi connectivity index (χ0v) is 9.49. The molecule has 98 valence electrons. The van der Waals surface area contributed by atoms with E-state index in [4.69, 9.17) is 0 Å². The van der Waals surface area contributed by atoms with Crippen molar-refractivity contribution >= 4 is 12.0 Å². The zero-order valence-electron chi connectivity index (χ0n) is 9.49. The Hall–Kier alpha value is -1.99. The molecule has 0 amide bonds. The van der Waals surface area contributed by atoms with Gasteiger partial charge in [0.1, 0.15) is 12.5 Å². The second-order valence-electron chi connectivity index (χ2n) is 4.18. The summed E-state index contributed by atoms with van der Waals surface area (Å²) in [6, 6.07) is 0.383. The minimum atomic E-state index is -4.81. The lowest BCUT2D eigenvalue weighted by molar-refractivity contribution is -0.385. The third kappa shape index (κ3) is 2.63. The van der Waals surface area contributed by atoms with Crippen molar-refractivity contribution in [2.45, 2.75) is 25.4 Å². The Labute approximate surface area is 99.8 Å². The van der Waals surface area contributed by atoms with Crippen molar-refractivity contribution in [1.29, 1.82) is 0 Å². The number of aromatic nitrogens is 1. The number of pyridine rings is 1. The van der Waals surface area contributed by atoms with E-state index in [1.165, 1.54) is 13.8 Å². The standard InChI is InChI=1S/C10H9F3N2O3/c1-9(2,5-16)8-7(10(11,12)13)3-6(4-14-8)15(17)18/h3-5H,1-2H3. The number of carbonyl (C=O) groups is 1. The molecule has 0 aliphatic heterocycles. The Kier molecular flexibility index (Phi) is 3.40. The van der Waals surface area contributed by atoms with Crippen LogP contribution < -0.4 is 0 Å². The van der Waals surface area contributed by atoms with Crippen molar-refractivity contribution in [3.8, 4) is 0 Å². The van der Waals surface area contributed by atoms with Gasteiger partial charge in [0, 0.05) is 6.07 Å². The molecule has 0 N–H and O–H groups in total. The number of hydrogen-bond donors (Lipinski definition) is 0. The van der Waals surface area contributed by atoms with Crippen molar-refractivity contribution < 1.29 is 22.9 Å². The first-order chi connectivity index (χ1) is 8.09. The van der Waals surface area contributed by atoms with E-state index in [9.17, 15) is 28.1 Å². The number of rotatable bonds is 3. The molecule has 0 saturated heterocycles. The molecule has 1 aromatic rings. The SMILES string of the molecule is CC(C)(C=O)c1ncc([N+](=O)[O-])cc1C(F)(F)F. The van der Waals surface area contributed by atoms with E-state index in [-0.39, 0.29) is 0 Å². The highest BCUT2D eigenvalue weighted by Gasteiger charge is 2.40. The Bertz CT molecular complexity index is 498. The number of halogens is 3. The molecule has 0 radical (unpaired) electrons. The number of nitrogens with zero attached hydrogens (tertiary/aromatic N) is 2. The number of carbonyl (C=O) groups excluding carboxylic acids is 1. The molecule has 0 aliphatic carbocycles. The topological polar surface area (TPSA) is 73.1 Å². The summed E-state index contributed by atoms with van der Waals surface area (Å²) < 4.78 is 38.3. The van der Waals surface area contributed by atoms with Gasteiger partial charge in [0.2, 0.25) is 0 Å². The number of alkyl halides is 3. The van der Waals surface area contributed by atoms with Crippen LogP contribution in [0, 0.1) is 10.1 Å². The van der Waals surface area contributed by atoms with Crippen LogP contribution in [-0.2, 0) is 16.4 Å². The van der Waals surface area contributed by atoms with Crippen molar-refractivity contribution in [3.63, 3.8) is 0 Å². The highest BCUT2D eigenvalue weighted by atomic mass is 19.4. The molecule has 8 heteroatoms. The fourth-order valence-electron chi connectivity index (χ4n) is 1.34. The molecule has 0 spiro atoms. The van der Waals surface area contributed by atoms with E-state index < -0.39 is 33.5 Å². The number of nitro groups is 1. The molecule has 1 rings (SSSR count). The predicted octanol–water partition coefficient (Wildman–Crippen LogP) is 2.49. The van der Waals surface area contributed by atoms with Crippen LogP contribution >= 0.6 is 0 Å². The van der Waals surface area contributed by atoms with Gasteiger partial charge >= 0.3 is 6.18 Å².